The monoisotopic (exact) mass is 230 g/mol. The minimum absolute atomic E-state index is 0.111. The van der Waals surface area contributed by atoms with Crippen LogP contribution in [0.25, 0.3) is 0 Å². The summed E-state index contributed by atoms with van der Waals surface area (Å²) in [4.78, 5) is 0. The van der Waals surface area contributed by atoms with E-state index >= 15 is 0 Å². The Bertz CT molecular complexity index is 277. The Labute approximate surface area is 96.3 Å². The van der Waals surface area contributed by atoms with Crippen molar-refractivity contribution >= 4 is 11.6 Å². The molecule has 4 rings (SSSR count). The summed E-state index contributed by atoms with van der Waals surface area (Å²) in [6.07, 6.45) is 3.71. The van der Waals surface area contributed by atoms with Gasteiger partial charge in [-0.15, -0.1) is 11.6 Å². The fraction of sp³-hybridized carbons (Fsp3) is 1.00. The molecule has 1 aliphatic heterocycles. The highest BCUT2D eigenvalue weighted by Gasteiger charge is 2.64. The van der Waals surface area contributed by atoms with Gasteiger partial charge in [0, 0.05) is 12.3 Å². The highest BCUT2D eigenvalue weighted by Crippen LogP contribution is 2.65. The van der Waals surface area contributed by atoms with Gasteiger partial charge in [-0.2, -0.15) is 0 Å². The molecule has 0 aromatic rings. The summed E-state index contributed by atoms with van der Waals surface area (Å²) in [7, 11) is 0. The van der Waals surface area contributed by atoms with E-state index in [-0.39, 0.29) is 11.9 Å². The zero-order chi connectivity index (χ0) is 10.7. The minimum Gasteiger partial charge on any atom is -0.347 e. The molecular weight excluding hydrogens is 212 g/mol. The number of fused-ring (bicyclic) bond motifs is 1. The van der Waals surface area contributed by atoms with Gasteiger partial charge in [-0.05, 0) is 24.2 Å². The predicted molar refractivity (Wildman–Crippen MR) is 58.9 cm³/mol. The summed E-state index contributed by atoms with van der Waals surface area (Å²) in [6.45, 7) is 5.39. The second kappa shape index (κ2) is 3.12. The Morgan fingerprint density at radius 2 is 2.20 bits per heavy atom. The lowest BCUT2D eigenvalue weighted by atomic mass is 9.46. The van der Waals surface area contributed by atoms with Crippen molar-refractivity contribution in [2.75, 3.05) is 12.5 Å². The van der Waals surface area contributed by atoms with Crippen molar-refractivity contribution in [1.29, 1.82) is 0 Å². The number of ether oxygens (including phenoxy) is 2. The molecule has 4 unspecified atom stereocenters. The number of hydrogen-bond donors (Lipinski definition) is 0. The molecule has 1 spiro atoms. The van der Waals surface area contributed by atoms with Crippen LogP contribution in [-0.2, 0) is 9.47 Å². The maximum absolute atomic E-state index is 6.07. The van der Waals surface area contributed by atoms with Gasteiger partial charge in [0.25, 0.3) is 0 Å². The van der Waals surface area contributed by atoms with Crippen molar-refractivity contribution in [1.82, 2.24) is 0 Å². The standard InChI is InChI=1S/C12H19ClO2/c1-11(2)8-3-4-12(10(11)5-8)14-7-9(6-13)15-12/h8-10H,3-7H2,1-2H3. The number of alkyl halides is 1. The van der Waals surface area contributed by atoms with Crippen molar-refractivity contribution in [3.8, 4) is 0 Å². The van der Waals surface area contributed by atoms with Crippen LogP contribution in [0.2, 0.25) is 0 Å². The molecule has 0 radical (unpaired) electrons. The van der Waals surface area contributed by atoms with Gasteiger partial charge in [-0.25, -0.2) is 0 Å². The third kappa shape index (κ3) is 1.25. The van der Waals surface area contributed by atoms with Crippen molar-refractivity contribution in [2.24, 2.45) is 17.3 Å². The van der Waals surface area contributed by atoms with Gasteiger partial charge in [-0.1, -0.05) is 13.8 Å². The molecule has 4 atom stereocenters. The lowest BCUT2D eigenvalue weighted by Gasteiger charge is -2.62. The first-order valence-corrected chi connectivity index (χ1v) is 6.50. The zero-order valence-corrected chi connectivity index (χ0v) is 10.2. The molecule has 86 valence electrons. The molecule has 15 heavy (non-hydrogen) atoms. The summed E-state index contributed by atoms with van der Waals surface area (Å²) < 4.78 is 12.0. The second-order valence-corrected chi connectivity index (χ2v) is 6.17. The fourth-order valence-corrected chi connectivity index (χ4v) is 3.93. The second-order valence-electron chi connectivity index (χ2n) is 5.86. The lowest BCUT2D eigenvalue weighted by Crippen LogP contribution is -2.62. The van der Waals surface area contributed by atoms with Crippen LogP contribution in [0.5, 0.6) is 0 Å². The molecule has 1 saturated heterocycles. The third-order valence-corrected chi connectivity index (χ3v) is 5.24. The maximum atomic E-state index is 6.07. The molecule has 3 heteroatoms. The Hall–Kier alpha value is 0.210. The van der Waals surface area contributed by atoms with Crippen molar-refractivity contribution < 1.29 is 9.47 Å². The summed E-state index contributed by atoms with van der Waals surface area (Å²) in [5, 5.41) is 0. The summed E-state index contributed by atoms with van der Waals surface area (Å²) in [5.41, 5.74) is 0.402. The molecule has 3 aliphatic carbocycles. The van der Waals surface area contributed by atoms with E-state index in [4.69, 9.17) is 21.1 Å². The maximum Gasteiger partial charge on any atom is 0.172 e. The molecule has 2 bridgehead atoms. The first-order chi connectivity index (χ1) is 7.08. The van der Waals surface area contributed by atoms with Gasteiger partial charge >= 0.3 is 0 Å². The van der Waals surface area contributed by atoms with Crippen LogP contribution >= 0.6 is 11.6 Å². The minimum atomic E-state index is -0.280. The van der Waals surface area contributed by atoms with Crippen LogP contribution in [0, 0.1) is 17.3 Å². The van der Waals surface area contributed by atoms with E-state index in [1.165, 1.54) is 12.8 Å². The largest absolute Gasteiger partial charge is 0.347 e. The molecule has 0 N–H and O–H groups in total. The van der Waals surface area contributed by atoms with E-state index in [2.05, 4.69) is 13.8 Å². The molecular formula is C12H19ClO2. The van der Waals surface area contributed by atoms with E-state index < -0.39 is 0 Å². The Balaban J connectivity index is 1.82. The average Bonchev–Trinajstić information content (AvgIpc) is 2.61. The van der Waals surface area contributed by atoms with Crippen LogP contribution in [-0.4, -0.2) is 24.4 Å². The van der Waals surface area contributed by atoms with Gasteiger partial charge in [0.2, 0.25) is 0 Å². The van der Waals surface area contributed by atoms with Crippen molar-refractivity contribution in [2.45, 2.75) is 45.0 Å². The molecule has 4 aliphatic rings. The highest BCUT2D eigenvalue weighted by atomic mass is 35.5. The first-order valence-electron chi connectivity index (χ1n) is 5.96. The number of hydrogen-bond acceptors (Lipinski definition) is 2. The van der Waals surface area contributed by atoms with E-state index in [0.717, 1.165) is 12.3 Å². The Morgan fingerprint density at radius 1 is 1.40 bits per heavy atom. The SMILES string of the molecule is CC1(C)C2CCC3(OCC(CCl)O3)C1C2. The molecule has 3 saturated carbocycles. The lowest BCUT2D eigenvalue weighted by molar-refractivity contribution is -0.302. The van der Waals surface area contributed by atoms with E-state index in [9.17, 15) is 0 Å². The molecule has 1 heterocycles. The van der Waals surface area contributed by atoms with E-state index in [0.29, 0.717) is 23.8 Å². The average molecular weight is 231 g/mol. The van der Waals surface area contributed by atoms with Gasteiger partial charge < -0.3 is 9.47 Å². The summed E-state index contributed by atoms with van der Waals surface area (Å²) in [5.74, 6) is 1.74. The summed E-state index contributed by atoms with van der Waals surface area (Å²) >= 11 is 5.84. The Kier molecular flexibility index (Phi) is 2.15. The van der Waals surface area contributed by atoms with E-state index in [1.807, 2.05) is 0 Å². The number of rotatable bonds is 1. The first kappa shape index (κ1) is 10.4. The topological polar surface area (TPSA) is 18.5 Å². The van der Waals surface area contributed by atoms with Gasteiger partial charge in [0.1, 0.15) is 0 Å². The van der Waals surface area contributed by atoms with Crippen LogP contribution in [0.3, 0.4) is 0 Å². The van der Waals surface area contributed by atoms with Crippen LogP contribution in [0.15, 0.2) is 0 Å². The van der Waals surface area contributed by atoms with Crippen LogP contribution < -0.4 is 0 Å². The van der Waals surface area contributed by atoms with Crippen molar-refractivity contribution in [3.63, 3.8) is 0 Å². The van der Waals surface area contributed by atoms with Crippen molar-refractivity contribution in [3.05, 3.63) is 0 Å². The highest BCUT2D eigenvalue weighted by molar-refractivity contribution is 6.18. The Morgan fingerprint density at radius 3 is 2.73 bits per heavy atom. The fourth-order valence-electron chi connectivity index (χ4n) is 3.78. The zero-order valence-electron chi connectivity index (χ0n) is 9.46. The summed E-state index contributed by atoms with van der Waals surface area (Å²) in [6, 6.07) is 0. The van der Waals surface area contributed by atoms with Crippen LogP contribution in [0.1, 0.15) is 33.1 Å². The normalized spacial score (nSPS) is 51.8. The molecule has 0 aromatic heterocycles. The van der Waals surface area contributed by atoms with Gasteiger partial charge in [-0.3, -0.25) is 0 Å². The molecule has 2 nitrogen and oxygen atoms in total. The molecule has 4 fully saturated rings. The molecule has 0 aromatic carbocycles. The van der Waals surface area contributed by atoms with Crippen LogP contribution in [0.4, 0.5) is 0 Å². The third-order valence-electron chi connectivity index (χ3n) is 4.89. The molecule has 0 amide bonds. The van der Waals surface area contributed by atoms with E-state index in [1.54, 1.807) is 0 Å². The quantitative estimate of drug-likeness (QED) is 0.645. The smallest absolute Gasteiger partial charge is 0.172 e. The van der Waals surface area contributed by atoms with Gasteiger partial charge in [0.05, 0.1) is 18.6 Å². The predicted octanol–water partition coefficient (Wildman–Crippen LogP) is 2.79. The number of halogens is 1. The van der Waals surface area contributed by atoms with Gasteiger partial charge in [0.15, 0.2) is 5.79 Å².